The van der Waals surface area contributed by atoms with Crippen LogP contribution in [-0.2, 0) is 0 Å². The molecule has 0 atom stereocenters. The highest BCUT2D eigenvalue weighted by molar-refractivity contribution is 5.95. The first-order valence-corrected chi connectivity index (χ1v) is 4.04. The molecule has 2 aromatic heterocycles. The van der Waals surface area contributed by atoms with Gasteiger partial charge in [-0.15, -0.1) is 0 Å². The number of aryl methyl sites for hydroxylation is 1. The summed E-state index contributed by atoms with van der Waals surface area (Å²) >= 11 is 0. The number of nitrogens with one attached hydrogen (secondary N) is 2. The molecule has 2 heterocycles. The first-order valence-electron chi connectivity index (χ1n) is 4.04. The van der Waals surface area contributed by atoms with E-state index in [1.807, 2.05) is 0 Å². The topological polar surface area (TPSA) is 85.9 Å². The van der Waals surface area contributed by atoms with Gasteiger partial charge in [0.1, 0.15) is 11.3 Å². The minimum Gasteiger partial charge on any atom is -0.477 e. The van der Waals surface area contributed by atoms with Crippen LogP contribution in [0.25, 0.3) is 11.0 Å². The van der Waals surface area contributed by atoms with Crippen LogP contribution < -0.4 is 5.43 Å². The highest BCUT2D eigenvalue weighted by Crippen LogP contribution is 2.15. The normalized spacial score (nSPS) is 10.6. The Morgan fingerprint density at radius 3 is 2.79 bits per heavy atom. The van der Waals surface area contributed by atoms with E-state index in [-0.39, 0.29) is 11.1 Å². The average molecular weight is 192 g/mol. The van der Waals surface area contributed by atoms with E-state index in [0.717, 1.165) is 0 Å². The summed E-state index contributed by atoms with van der Waals surface area (Å²) in [6, 6.07) is 1.37. The zero-order valence-electron chi connectivity index (χ0n) is 7.42. The molecule has 0 saturated heterocycles. The van der Waals surface area contributed by atoms with E-state index in [2.05, 4.69) is 9.97 Å². The fraction of sp³-hybridized carbons (Fsp3) is 0.111. The molecule has 14 heavy (non-hydrogen) atoms. The molecule has 0 bridgehead atoms. The van der Waals surface area contributed by atoms with Crippen LogP contribution in [-0.4, -0.2) is 21.0 Å². The number of rotatable bonds is 1. The minimum atomic E-state index is -1.06. The summed E-state index contributed by atoms with van der Waals surface area (Å²) in [5, 5.41) is 9.22. The molecule has 0 amide bonds. The minimum absolute atomic E-state index is 0.0551. The second-order valence-corrected chi connectivity index (χ2v) is 3.02. The van der Waals surface area contributed by atoms with Gasteiger partial charge in [0, 0.05) is 12.3 Å². The van der Waals surface area contributed by atoms with E-state index in [4.69, 9.17) is 5.11 Å². The van der Waals surface area contributed by atoms with Gasteiger partial charge in [0.15, 0.2) is 5.43 Å². The van der Waals surface area contributed by atoms with Crippen LogP contribution in [0.3, 0.4) is 0 Å². The number of aromatic carboxylic acids is 1. The molecule has 72 valence electrons. The standard InChI is InChI=1S/C9H8N2O3/c1-4-6-5(12)2-3-10-8(6)11-7(4)9(13)14/h2-3H,1H3,(H,13,14)(H2,10,11,12). The SMILES string of the molecule is Cc1c(C(=O)O)[nH]c2[nH]ccc(=O)c12. The van der Waals surface area contributed by atoms with Crippen molar-refractivity contribution < 1.29 is 9.90 Å². The second kappa shape index (κ2) is 2.73. The van der Waals surface area contributed by atoms with Crippen molar-refractivity contribution in [2.45, 2.75) is 6.92 Å². The summed E-state index contributed by atoms with van der Waals surface area (Å²) in [7, 11) is 0. The van der Waals surface area contributed by atoms with E-state index in [0.29, 0.717) is 16.6 Å². The van der Waals surface area contributed by atoms with E-state index >= 15 is 0 Å². The molecule has 0 aromatic carbocycles. The molecule has 0 aliphatic carbocycles. The van der Waals surface area contributed by atoms with Crippen LogP contribution in [0.5, 0.6) is 0 Å². The van der Waals surface area contributed by atoms with Crippen LogP contribution >= 0.6 is 0 Å². The molecule has 0 spiro atoms. The molecule has 5 heteroatoms. The number of pyridine rings is 1. The second-order valence-electron chi connectivity index (χ2n) is 3.02. The molecule has 2 aromatic rings. The fourth-order valence-electron chi connectivity index (χ4n) is 1.51. The first-order chi connectivity index (χ1) is 6.61. The van der Waals surface area contributed by atoms with Gasteiger partial charge in [-0.1, -0.05) is 0 Å². The van der Waals surface area contributed by atoms with Gasteiger partial charge in [-0.3, -0.25) is 4.79 Å². The van der Waals surface area contributed by atoms with Gasteiger partial charge in [-0.05, 0) is 12.5 Å². The zero-order valence-corrected chi connectivity index (χ0v) is 7.42. The van der Waals surface area contributed by atoms with E-state index in [9.17, 15) is 9.59 Å². The van der Waals surface area contributed by atoms with Gasteiger partial charge in [0.2, 0.25) is 0 Å². The number of carbonyl (C=O) groups is 1. The third-order valence-corrected chi connectivity index (χ3v) is 2.17. The molecule has 3 N–H and O–H groups in total. The first kappa shape index (κ1) is 8.55. The van der Waals surface area contributed by atoms with Gasteiger partial charge >= 0.3 is 5.97 Å². The van der Waals surface area contributed by atoms with Crippen molar-refractivity contribution in [3.8, 4) is 0 Å². The number of aromatic amines is 2. The van der Waals surface area contributed by atoms with Crippen molar-refractivity contribution >= 4 is 17.0 Å². The number of carboxylic acids is 1. The van der Waals surface area contributed by atoms with Crippen LogP contribution in [0.1, 0.15) is 16.1 Å². The Labute approximate surface area is 78.4 Å². The molecule has 0 aliphatic rings. The third kappa shape index (κ3) is 1.02. The molecule has 0 radical (unpaired) electrons. The Bertz CT molecular complexity index is 565. The number of H-pyrrole nitrogens is 2. The monoisotopic (exact) mass is 192 g/mol. The molecule has 0 unspecified atom stereocenters. The van der Waals surface area contributed by atoms with Gasteiger partial charge in [0.25, 0.3) is 0 Å². The maximum Gasteiger partial charge on any atom is 0.352 e. The summed E-state index contributed by atoms with van der Waals surface area (Å²) < 4.78 is 0. The number of hydrogen-bond acceptors (Lipinski definition) is 2. The van der Waals surface area contributed by atoms with Crippen molar-refractivity contribution in [2.24, 2.45) is 0 Å². The highest BCUT2D eigenvalue weighted by atomic mass is 16.4. The fourth-order valence-corrected chi connectivity index (χ4v) is 1.51. The average Bonchev–Trinajstić information content (AvgIpc) is 2.45. The van der Waals surface area contributed by atoms with Crippen LogP contribution in [0.2, 0.25) is 0 Å². The molecular weight excluding hydrogens is 184 g/mol. The van der Waals surface area contributed by atoms with Crippen molar-refractivity contribution in [1.29, 1.82) is 0 Å². The predicted molar refractivity (Wildman–Crippen MR) is 50.6 cm³/mol. The van der Waals surface area contributed by atoms with Crippen molar-refractivity contribution in [3.05, 3.63) is 33.7 Å². The largest absolute Gasteiger partial charge is 0.477 e. The Morgan fingerprint density at radius 1 is 1.50 bits per heavy atom. The highest BCUT2D eigenvalue weighted by Gasteiger charge is 2.15. The molecule has 2 rings (SSSR count). The molecule has 0 saturated carbocycles. The maximum atomic E-state index is 11.4. The molecule has 5 nitrogen and oxygen atoms in total. The van der Waals surface area contributed by atoms with Crippen molar-refractivity contribution in [3.63, 3.8) is 0 Å². The van der Waals surface area contributed by atoms with Crippen LogP contribution in [0.4, 0.5) is 0 Å². The Hall–Kier alpha value is -2.04. The third-order valence-electron chi connectivity index (χ3n) is 2.17. The zero-order chi connectivity index (χ0) is 10.3. The Morgan fingerprint density at radius 2 is 2.21 bits per heavy atom. The van der Waals surface area contributed by atoms with Gasteiger partial charge in [-0.2, -0.15) is 0 Å². The summed E-state index contributed by atoms with van der Waals surface area (Å²) in [5.41, 5.74) is 0.793. The van der Waals surface area contributed by atoms with E-state index < -0.39 is 5.97 Å². The lowest BCUT2D eigenvalue weighted by molar-refractivity contribution is 0.0690. The quantitative estimate of drug-likeness (QED) is 0.626. The predicted octanol–water partition coefficient (Wildman–Crippen LogP) is 0.863. The summed E-state index contributed by atoms with van der Waals surface area (Å²) in [6.45, 7) is 1.61. The number of carboxylic acid groups (broad SMARTS) is 1. The van der Waals surface area contributed by atoms with Crippen molar-refractivity contribution in [2.75, 3.05) is 0 Å². The molecule has 0 fully saturated rings. The number of aromatic nitrogens is 2. The lowest BCUT2D eigenvalue weighted by Gasteiger charge is -1.89. The van der Waals surface area contributed by atoms with Gasteiger partial charge in [0.05, 0.1) is 5.39 Å². The van der Waals surface area contributed by atoms with Gasteiger partial charge in [-0.25, -0.2) is 4.79 Å². The van der Waals surface area contributed by atoms with Crippen LogP contribution in [0.15, 0.2) is 17.1 Å². The number of hydrogen-bond donors (Lipinski definition) is 3. The van der Waals surface area contributed by atoms with Crippen LogP contribution in [0, 0.1) is 6.92 Å². The summed E-state index contributed by atoms with van der Waals surface area (Å²) in [5.74, 6) is -1.06. The Kier molecular flexibility index (Phi) is 1.67. The lowest BCUT2D eigenvalue weighted by atomic mass is 10.2. The lowest BCUT2D eigenvalue weighted by Crippen LogP contribution is -2.01. The van der Waals surface area contributed by atoms with Crippen molar-refractivity contribution in [1.82, 2.24) is 9.97 Å². The van der Waals surface area contributed by atoms with E-state index in [1.165, 1.54) is 12.3 Å². The summed E-state index contributed by atoms with van der Waals surface area (Å²) in [6.07, 6.45) is 1.48. The molecular formula is C9H8N2O3. The maximum absolute atomic E-state index is 11.4. The van der Waals surface area contributed by atoms with Gasteiger partial charge < -0.3 is 15.1 Å². The molecule has 0 aliphatic heterocycles. The number of fused-ring (bicyclic) bond motifs is 1. The Balaban J connectivity index is 2.94. The van der Waals surface area contributed by atoms with E-state index in [1.54, 1.807) is 6.92 Å². The summed E-state index contributed by atoms with van der Waals surface area (Å²) in [4.78, 5) is 27.6. The smallest absolute Gasteiger partial charge is 0.352 e.